The molecule has 0 amide bonds. The number of sulfonamides is 1. The number of halogens is 1. The number of hydrogen-bond acceptors (Lipinski definition) is 4. The Morgan fingerprint density at radius 3 is 2.53 bits per heavy atom. The lowest BCUT2D eigenvalue weighted by atomic mass is 10.4. The molecule has 0 aliphatic rings. The van der Waals surface area contributed by atoms with Crippen LogP contribution in [0, 0.1) is 0 Å². The number of rotatable bonds is 5. The zero-order valence-corrected chi connectivity index (χ0v) is 11.2. The van der Waals surface area contributed by atoms with Crippen molar-refractivity contribution >= 4 is 31.8 Å². The van der Waals surface area contributed by atoms with Crippen LogP contribution in [0.2, 0.25) is 0 Å². The van der Waals surface area contributed by atoms with Gasteiger partial charge < -0.3 is 10.9 Å². The summed E-state index contributed by atoms with van der Waals surface area (Å²) in [5.41, 5.74) is 5.22. The minimum absolute atomic E-state index is 0.0245. The molecule has 0 spiro atoms. The Bertz CT molecular complexity index is 499. The Balaban J connectivity index is 2.66. The van der Waals surface area contributed by atoms with E-state index < -0.39 is 10.0 Å². The lowest BCUT2D eigenvalue weighted by molar-refractivity contribution is 0.317. The summed E-state index contributed by atoms with van der Waals surface area (Å²) < 4.78 is 26.6. The molecular formula is C9H12BrN3O3S. The van der Waals surface area contributed by atoms with Crippen LogP contribution in [0.1, 0.15) is 6.42 Å². The van der Waals surface area contributed by atoms with Crippen molar-refractivity contribution in [1.82, 2.24) is 4.72 Å². The predicted molar refractivity (Wildman–Crippen MR) is 67.4 cm³/mol. The molecule has 94 valence electrons. The molecule has 4 N–H and O–H groups in total. The summed E-state index contributed by atoms with van der Waals surface area (Å²) in [6.45, 7) is 0.0777. The first-order chi connectivity index (χ1) is 7.95. The van der Waals surface area contributed by atoms with E-state index in [4.69, 9.17) is 10.9 Å². The van der Waals surface area contributed by atoms with Crippen LogP contribution in [0.4, 0.5) is 0 Å². The van der Waals surface area contributed by atoms with Crippen LogP contribution in [0.3, 0.4) is 0 Å². The minimum atomic E-state index is -3.54. The molecule has 0 atom stereocenters. The average molecular weight is 322 g/mol. The highest BCUT2D eigenvalue weighted by molar-refractivity contribution is 9.10. The third-order valence-corrected chi connectivity index (χ3v) is 3.93. The van der Waals surface area contributed by atoms with Crippen LogP contribution < -0.4 is 10.5 Å². The monoisotopic (exact) mass is 321 g/mol. The molecule has 17 heavy (non-hydrogen) atoms. The topological polar surface area (TPSA) is 105 Å². The first-order valence-electron chi connectivity index (χ1n) is 4.67. The van der Waals surface area contributed by atoms with Crippen LogP contribution in [0.25, 0.3) is 0 Å². The lowest BCUT2D eigenvalue weighted by Crippen LogP contribution is -2.28. The van der Waals surface area contributed by atoms with Gasteiger partial charge >= 0.3 is 0 Å². The van der Waals surface area contributed by atoms with Crippen molar-refractivity contribution in [3.8, 4) is 0 Å². The maximum Gasteiger partial charge on any atom is 0.240 e. The van der Waals surface area contributed by atoms with Crippen molar-refractivity contribution < 1.29 is 13.6 Å². The third-order valence-electron chi connectivity index (χ3n) is 1.93. The number of amidine groups is 1. The SMILES string of the molecule is NC(CCNS(=O)(=O)c1ccc(Br)cc1)=NO. The smallest absolute Gasteiger partial charge is 0.240 e. The molecule has 1 rings (SSSR count). The molecule has 0 fully saturated rings. The zero-order chi connectivity index (χ0) is 12.9. The molecule has 0 radical (unpaired) electrons. The Kier molecular flexibility index (Phi) is 4.91. The van der Waals surface area contributed by atoms with Gasteiger partial charge in [0, 0.05) is 17.4 Å². The van der Waals surface area contributed by atoms with Gasteiger partial charge in [0.25, 0.3) is 0 Å². The summed E-state index contributed by atoms with van der Waals surface area (Å²) in [7, 11) is -3.54. The van der Waals surface area contributed by atoms with E-state index in [1.54, 1.807) is 12.1 Å². The van der Waals surface area contributed by atoms with Crippen molar-refractivity contribution in [3.05, 3.63) is 28.7 Å². The van der Waals surface area contributed by atoms with Crippen molar-refractivity contribution in [1.29, 1.82) is 0 Å². The van der Waals surface area contributed by atoms with E-state index in [0.717, 1.165) is 4.47 Å². The Morgan fingerprint density at radius 2 is 2.00 bits per heavy atom. The van der Waals surface area contributed by atoms with Gasteiger partial charge in [-0.2, -0.15) is 0 Å². The average Bonchev–Trinajstić information content (AvgIpc) is 2.29. The number of hydrogen-bond donors (Lipinski definition) is 3. The molecule has 0 bridgehead atoms. The van der Waals surface area contributed by atoms with Crippen molar-refractivity contribution in [2.45, 2.75) is 11.3 Å². The van der Waals surface area contributed by atoms with E-state index in [2.05, 4.69) is 25.8 Å². The number of nitrogens with one attached hydrogen (secondary N) is 1. The molecule has 0 aliphatic carbocycles. The van der Waals surface area contributed by atoms with Gasteiger partial charge in [-0.25, -0.2) is 13.1 Å². The highest BCUT2D eigenvalue weighted by atomic mass is 79.9. The molecule has 0 unspecified atom stereocenters. The number of oxime groups is 1. The lowest BCUT2D eigenvalue weighted by Gasteiger charge is -2.06. The van der Waals surface area contributed by atoms with Crippen molar-refractivity contribution in [2.24, 2.45) is 10.9 Å². The predicted octanol–water partition coefficient (Wildman–Crippen LogP) is 0.864. The van der Waals surface area contributed by atoms with E-state index >= 15 is 0 Å². The summed E-state index contributed by atoms with van der Waals surface area (Å²) in [5, 5.41) is 11.0. The number of nitrogens with two attached hydrogens (primary N) is 1. The standard InChI is InChI=1S/C9H12BrN3O3S/c10-7-1-3-8(4-2-7)17(15,16)12-6-5-9(11)13-14/h1-4,12,14H,5-6H2,(H2,11,13). The van der Waals surface area contributed by atoms with E-state index in [1.807, 2.05) is 0 Å². The fourth-order valence-electron chi connectivity index (χ4n) is 1.06. The van der Waals surface area contributed by atoms with Gasteiger partial charge in [-0.05, 0) is 24.3 Å². The summed E-state index contributed by atoms with van der Waals surface area (Å²) in [4.78, 5) is 0.167. The first kappa shape index (κ1) is 13.9. The van der Waals surface area contributed by atoms with Gasteiger partial charge in [-0.1, -0.05) is 21.1 Å². The second kappa shape index (κ2) is 5.99. The fraction of sp³-hybridized carbons (Fsp3) is 0.222. The largest absolute Gasteiger partial charge is 0.409 e. The summed E-state index contributed by atoms with van der Waals surface area (Å²) in [5.74, 6) is -0.0245. The van der Waals surface area contributed by atoms with Crippen LogP contribution in [0.5, 0.6) is 0 Å². The van der Waals surface area contributed by atoms with Gasteiger partial charge in [0.2, 0.25) is 10.0 Å². The second-order valence-corrected chi connectivity index (χ2v) is 5.88. The van der Waals surface area contributed by atoms with Crippen molar-refractivity contribution in [3.63, 3.8) is 0 Å². The quantitative estimate of drug-likeness (QED) is 0.324. The van der Waals surface area contributed by atoms with Gasteiger partial charge in [0.15, 0.2) is 0 Å². The molecule has 0 heterocycles. The molecule has 0 aliphatic heterocycles. The highest BCUT2D eigenvalue weighted by Crippen LogP contribution is 2.14. The van der Waals surface area contributed by atoms with Crippen LogP contribution in [-0.4, -0.2) is 26.0 Å². The normalized spacial score (nSPS) is 12.6. The molecule has 1 aromatic rings. The van der Waals surface area contributed by atoms with E-state index in [9.17, 15) is 8.42 Å². The van der Waals surface area contributed by atoms with Crippen LogP contribution in [-0.2, 0) is 10.0 Å². The molecule has 0 aromatic heterocycles. The van der Waals surface area contributed by atoms with Gasteiger partial charge in [-0.15, -0.1) is 0 Å². The van der Waals surface area contributed by atoms with E-state index in [0.29, 0.717) is 0 Å². The molecular weight excluding hydrogens is 310 g/mol. The molecule has 0 saturated heterocycles. The summed E-state index contributed by atoms with van der Waals surface area (Å²) in [6, 6.07) is 6.24. The third kappa shape index (κ3) is 4.33. The Hall–Kier alpha value is -1.12. The number of nitrogens with zero attached hydrogens (tertiary/aromatic N) is 1. The van der Waals surface area contributed by atoms with Crippen molar-refractivity contribution in [2.75, 3.05) is 6.54 Å². The van der Waals surface area contributed by atoms with Gasteiger partial charge in [0.05, 0.1) is 4.90 Å². The highest BCUT2D eigenvalue weighted by Gasteiger charge is 2.12. The van der Waals surface area contributed by atoms with E-state index in [1.165, 1.54) is 12.1 Å². The molecule has 8 heteroatoms. The molecule has 1 aromatic carbocycles. The Labute approximate surface area is 108 Å². The van der Waals surface area contributed by atoms with E-state index in [-0.39, 0.29) is 23.7 Å². The fourth-order valence-corrected chi connectivity index (χ4v) is 2.36. The molecule has 0 saturated carbocycles. The maximum absolute atomic E-state index is 11.7. The zero-order valence-electron chi connectivity index (χ0n) is 8.80. The second-order valence-electron chi connectivity index (χ2n) is 3.19. The van der Waals surface area contributed by atoms with Gasteiger partial charge in [-0.3, -0.25) is 0 Å². The number of benzene rings is 1. The van der Waals surface area contributed by atoms with Crippen LogP contribution in [0.15, 0.2) is 38.8 Å². The summed E-state index contributed by atoms with van der Waals surface area (Å²) in [6.07, 6.45) is 0.145. The van der Waals surface area contributed by atoms with Gasteiger partial charge in [0.1, 0.15) is 5.84 Å². The molecule has 6 nitrogen and oxygen atoms in total. The summed E-state index contributed by atoms with van der Waals surface area (Å²) >= 11 is 3.22. The minimum Gasteiger partial charge on any atom is -0.409 e. The first-order valence-corrected chi connectivity index (χ1v) is 6.95. The van der Waals surface area contributed by atoms with Crippen LogP contribution >= 0.6 is 15.9 Å². The maximum atomic E-state index is 11.7. The Morgan fingerprint density at radius 1 is 1.41 bits per heavy atom.